The third kappa shape index (κ3) is 4.95. The van der Waals surface area contributed by atoms with E-state index in [9.17, 15) is 9.59 Å². The van der Waals surface area contributed by atoms with Crippen LogP contribution in [0.1, 0.15) is 22.9 Å². The number of quaternary nitrogens is 1. The fraction of sp³-hybridized carbons (Fsp3) is 0.250. The summed E-state index contributed by atoms with van der Waals surface area (Å²) in [5, 5.41) is 5.38. The lowest BCUT2D eigenvalue weighted by Crippen LogP contribution is -3.12. The Balaban J connectivity index is 1.41. The molecule has 0 bridgehead atoms. The van der Waals surface area contributed by atoms with E-state index in [1.165, 1.54) is 16.0 Å². The van der Waals surface area contributed by atoms with Gasteiger partial charge in [0.15, 0.2) is 11.8 Å². The number of anilines is 1. The molecule has 3 aromatic rings. The summed E-state index contributed by atoms with van der Waals surface area (Å²) < 4.78 is 10.8. The number of furan rings is 1. The number of hydrogen-bond donors (Lipinski definition) is 3. The summed E-state index contributed by atoms with van der Waals surface area (Å²) in [7, 11) is 1.55. The molecule has 1 aromatic heterocycles. The largest absolute Gasteiger partial charge is 0.497 e. The SMILES string of the molecule is COc1cccc(NC(=O)C(=O)NC[C@H](c2ccco2)[NH+]2CCc3ccccc3C2)c1. The van der Waals surface area contributed by atoms with E-state index in [4.69, 9.17) is 9.15 Å². The van der Waals surface area contributed by atoms with Crippen LogP contribution in [0.2, 0.25) is 0 Å². The number of carbonyl (C=O) groups is 2. The lowest BCUT2D eigenvalue weighted by atomic mass is 9.98. The second-order valence-corrected chi connectivity index (χ2v) is 7.57. The van der Waals surface area contributed by atoms with Crippen LogP contribution >= 0.6 is 0 Å². The van der Waals surface area contributed by atoms with E-state index in [1.54, 1.807) is 37.6 Å². The summed E-state index contributed by atoms with van der Waals surface area (Å²) in [4.78, 5) is 26.1. The second kappa shape index (κ2) is 9.49. The standard InChI is InChI=1S/C24H25N3O4/c1-30-20-9-4-8-19(14-20)26-24(29)23(28)25-15-21(22-10-5-13-31-22)27-12-11-17-6-2-3-7-18(17)16-27/h2-10,13-14,21H,11-12,15-16H2,1H3,(H,25,28)(H,26,29)/p+1/t21-/m1/s1. The van der Waals surface area contributed by atoms with E-state index in [-0.39, 0.29) is 6.04 Å². The van der Waals surface area contributed by atoms with Crippen molar-refractivity contribution in [2.75, 3.05) is 25.5 Å². The van der Waals surface area contributed by atoms with E-state index >= 15 is 0 Å². The Labute approximate surface area is 181 Å². The Kier molecular flexibility index (Phi) is 6.33. The molecule has 0 aliphatic carbocycles. The molecule has 2 aromatic carbocycles. The molecule has 1 unspecified atom stereocenters. The van der Waals surface area contributed by atoms with Gasteiger partial charge >= 0.3 is 11.8 Å². The first-order valence-corrected chi connectivity index (χ1v) is 10.3. The van der Waals surface area contributed by atoms with Gasteiger partial charge in [-0.05, 0) is 29.8 Å². The first kappa shape index (κ1) is 20.7. The normalized spacial score (nSPS) is 16.1. The van der Waals surface area contributed by atoms with Gasteiger partial charge in [0.25, 0.3) is 0 Å². The number of methoxy groups -OCH3 is 1. The third-order valence-corrected chi connectivity index (χ3v) is 5.63. The lowest BCUT2D eigenvalue weighted by molar-refractivity contribution is -0.946. The van der Waals surface area contributed by atoms with Gasteiger partial charge in [-0.25, -0.2) is 0 Å². The van der Waals surface area contributed by atoms with Gasteiger partial charge in [0, 0.05) is 23.7 Å². The highest BCUT2D eigenvalue weighted by molar-refractivity contribution is 6.39. The Hall–Kier alpha value is -3.58. The third-order valence-electron chi connectivity index (χ3n) is 5.63. The van der Waals surface area contributed by atoms with E-state index in [1.807, 2.05) is 18.2 Å². The number of carbonyl (C=O) groups excluding carboxylic acids is 2. The average molecular weight is 420 g/mol. The second-order valence-electron chi connectivity index (χ2n) is 7.57. The van der Waals surface area contributed by atoms with E-state index in [0.717, 1.165) is 25.3 Å². The maximum atomic E-state index is 12.5. The molecule has 4 rings (SSSR count). The topological polar surface area (TPSA) is 85.0 Å². The molecule has 0 fully saturated rings. The molecule has 1 aliphatic rings. The van der Waals surface area contributed by atoms with Gasteiger partial charge in [-0.1, -0.05) is 30.3 Å². The number of ether oxygens (including phenoxy) is 1. The highest BCUT2D eigenvalue weighted by Gasteiger charge is 2.31. The molecular weight excluding hydrogens is 394 g/mol. The van der Waals surface area contributed by atoms with Crippen molar-refractivity contribution in [1.29, 1.82) is 0 Å². The minimum atomic E-state index is -0.717. The van der Waals surface area contributed by atoms with E-state index in [2.05, 4.69) is 28.8 Å². The monoisotopic (exact) mass is 420 g/mol. The highest BCUT2D eigenvalue weighted by atomic mass is 16.5. The number of hydrogen-bond acceptors (Lipinski definition) is 4. The molecule has 160 valence electrons. The van der Waals surface area contributed by atoms with Crippen LogP contribution in [0.3, 0.4) is 0 Å². The molecule has 2 atom stereocenters. The average Bonchev–Trinajstić information content (AvgIpc) is 3.33. The van der Waals surface area contributed by atoms with Gasteiger partial charge < -0.3 is 24.7 Å². The maximum absolute atomic E-state index is 12.5. The van der Waals surface area contributed by atoms with E-state index < -0.39 is 11.8 Å². The minimum Gasteiger partial charge on any atom is -0.497 e. The Morgan fingerprint density at radius 2 is 1.90 bits per heavy atom. The first-order chi connectivity index (χ1) is 15.1. The number of nitrogens with one attached hydrogen (secondary N) is 3. The van der Waals surface area contributed by atoms with Gasteiger partial charge in [0.05, 0.1) is 26.5 Å². The van der Waals surface area contributed by atoms with Crippen molar-refractivity contribution in [3.05, 3.63) is 83.8 Å². The fourth-order valence-corrected chi connectivity index (χ4v) is 4.00. The number of fused-ring (bicyclic) bond motifs is 1. The zero-order chi connectivity index (χ0) is 21.6. The van der Waals surface area contributed by atoms with Crippen LogP contribution in [0.15, 0.2) is 71.3 Å². The van der Waals surface area contributed by atoms with Gasteiger partial charge in [0.1, 0.15) is 12.3 Å². The Morgan fingerprint density at radius 3 is 2.68 bits per heavy atom. The Bertz CT molecular complexity index is 1050. The zero-order valence-electron chi connectivity index (χ0n) is 17.4. The summed E-state index contributed by atoms with van der Waals surface area (Å²) in [5.74, 6) is -0.00502. The van der Waals surface area contributed by atoms with Gasteiger partial charge in [0.2, 0.25) is 0 Å². The van der Waals surface area contributed by atoms with E-state index in [0.29, 0.717) is 18.0 Å². The number of amides is 2. The zero-order valence-corrected chi connectivity index (χ0v) is 17.4. The van der Waals surface area contributed by atoms with Crippen LogP contribution in [-0.2, 0) is 22.6 Å². The summed E-state index contributed by atoms with van der Waals surface area (Å²) in [6.07, 6.45) is 2.60. The molecule has 1 aliphatic heterocycles. The number of rotatable bonds is 6. The van der Waals surface area contributed by atoms with Crippen molar-refractivity contribution >= 4 is 17.5 Å². The van der Waals surface area contributed by atoms with Crippen molar-refractivity contribution in [1.82, 2.24) is 5.32 Å². The highest BCUT2D eigenvalue weighted by Crippen LogP contribution is 2.17. The summed E-state index contributed by atoms with van der Waals surface area (Å²) in [5.41, 5.74) is 3.17. The predicted molar refractivity (Wildman–Crippen MR) is 116 cm³/mol. The quantitative estimate of drug-likeness (QED) is 0.530. The summed E-state index contributed by atoms with van der Waals surface area (Å²) >= 11 is 0. The molecule has 2 heterocycles. The summed E-state index contributed by atoms with van der Waals surface area (Å²) in [6.45, 7) is 2.07. The van der Waals surface area contributed by atoms with Crippen molar-refractivity contribution < 1.29 is 23.6 Å². The van der Waals surface area contributed by atoms with Crippen LogP contribution in [0.5, 0.6) is 5.75 Å². The number of benzene rings is 2. The van der Waals surface area contributed by atoms with Gasteiger partial charge in [-0.3, -0.25) is 9.59 Å². The van der Waals surface area contributed by atoms with Gasteiger partial charge in [-0.2, -0.15) is 0 Å². The maximum Gasteiger partial charge on any atom is 0.313 e. The van der Waals surface area contributed by atoms with Crippen molar-refractivity contribution in [2.24, 2.45) is 0 Å². The van der Waals surface area contributed by atoms with Crippen LogP contribution < -0.4 is 20.3 Å². The Morgan fingerprint density at radius 1 is 1.06 bits per heavy atom. The van der Waals surface area contributed by atoms with Crippen LogP contribution in [0, 0.1) is 0 Å². The lowest BCUT2D eigenvalue weighted by Gasteiger charge is -2.31. The van der Waals surface area contributed by atoms with Crippen molar-refractivity contribution in [2.45, 2.75) is 19.0 Å². The molecule has 7 heteroatoms. The molecule has 3 N–H and O–H groups in total. The molecule has 0 spiro atoms. The minimum absolute atomic E-state index is 0.0862. The molecule has 7 nitrogen and oxygen atoms in total. The molecule has 0 radical (unpaired) electrons. The molecule has 31 heavy (non-hydrogen) atoms. The van der Waals surface area contributed by atoms with Crippen LogP contribution in [0.25, 0.3) is 0 Å². The summed E-state index contributed by atoms with van der Waals surface area (Å²) in [6, 6.07) is 19.0. The molecule has 2 amide bonds. The first-order valence-electron chi connectivity index (χ1n) is 10.3. The fourth-order valence-electron chi connectivity index (χ4n) is 4.00. The molecular formula is C24H26N3O4+. The van der Waals surface area contributed by atoms with Crippen LogP contribution in [-0.4, -0.2) is 32.0 Å². The predicted octanol–water partition coefficient (Wildman–Crippen LogP) is 1.73. The smallest absolute Gasteiger partial charge is 0.313 e. The molecule has 0 saturated carbocycles. The van der Waals surface area contributed by atoms with Gasteiger partial charge in [-0.15, -0.1) is 0 Å². The van der Waals surface area contributed by atoms with Crippen molar-refractivity contribution in [3.63, 3.8) is 0 Å². The molecule has 0 saturated heterocycles. The van der Waals surface area contributed by atoms with Crippen molar-refractivity contribution in [3.8, 4) is 5.75 Å². The van der Waals surface area contributed by atoms with Crippen LogP contribution in [0.4, 0.5) is 5.69 Å².